The summed E-state index contributed by atoms with van der Waals surface area (Å²) in [7, 11) is 0. The Morgan fingerprint density at radius 1 is 0.900 bits per heavy atom. The maximum atomic E-state index is 6.52. The van der Waals surface area contributed by atoms with Crippen molar-refractivity contribution >= 4 is 46.7 Å². The monoisotopic (exact) mass is 461 g/mol. The summed E-state index contributed by atoms with van der Waals surface area (Å²) in [6, 6.07) is 15.1. The first kappa shape index (κ1) is 22.5. The number of aryl methyl sites for hydroxylation is 2. The van der Waals surface area contributed by atoms with Gasteiger partial charge in [-0.15, -0.1) is 0 Å². The molecule has 0 saturated carbocycles. The summed E-state index contributed by atoms with van der Waals surface area (Å²) in [5.74, 6) is 1.02. The maximum absolute atomic E-state index is 6.52. The quantitative estimate of drug-likeness (QED) is 0.333. The van der Waals surface area contributed by atoms with Crippen LogP contribution in [0.25, 0.3) is 0 Å². The van der Waals surface area contributed by atoms with E-state index in [9.17, 15) is 0 Å². The van der Waals surface area contributed by atoms with Crippen LogP contribution in [-0.4, -0.2) is 12.8 Å². The van der Waals surface area contributed by atoms with E-state index >= 15 is 0 Å². The average Bonchev–Trinajstić information content (AvgIpc) is 2.69. The molecular weight excluding hydrogens is 441 g/mol. The molecule has 0 unspecified atom stereocenters. The van der Waals surface area contributed by atoms with Crippen LogP contribution in [0.15, 0.2) is 53.5 Å². The molecular formula is C24H22Cl3NO2. The van der Waals surface area contributed by atoms with Crippen LogP contribution in [0.4, 0.5) is 5.69 Å². The van der Waals surface area contributed by atoms with Crippen molar-refractivity contribution in [3.05, 3.63) is 85.9 Å². The predicted molar refractivity (Wildman–Crippen MR) is 127 cm³/mol. The first-order chi connectivity index (χ1) is 14.4. The minimum Gasteiger partial charge on any atom is -0.490 e. The van der Waals surface area contributed by atoms with E-state index in [0.29, 0.717) is 33.2 Å². The highest BCUT2D eigenvalue weighted by molar-refractivity contribution is 6.35. The molecule has 3 rings (SSSR count). The number of halogens is 3. The third kappa shape index (κ3) is 5.69. The first-order valence-corrected chi connectivity index (χ1v) is 10.6. The van der Waals surface area contributed by atoms with Gasteiger partial charge in [-0.05, 0) is 67.8 Å². The lowest BCUT2D eigenvalue weighted by Gasteiger charge is -2.15. The van der Waals surface area contributed by atoms with E-state index in [1.807, 2.05) is 39.0 Å². The first-order valence-electron chi connectivity index (χ1n) is 9.51. The lowest BCUT2D eigenvalue weighted by Crippen LogP contribution is -2.02. The number of hydrogen-bond acceptors (Lipinski definition) is 3. The van der Waals surface area contributed by atoms with Crippen LogP contribution in [0.1, 0.15) is 29.2 Å². The SMILES string of the molecule is CCOc1cc(C=Nc2cc(C)ccc2C)cc(Cl)c1OCc1ccc(Cl)cc1Cl. The van der Waals surface area contributed by atoms with Crippen LogP contribution >= 0.6 is 34.8 Å². The van der Waals surface area contributed by atoms with Crippen LogP contribution in [-0.2, 0) is 6.61 Å². The Morgan fingerprint density at radius 2 is 1.70 bits per heavy atom. The van der Waals surface area contributed by atoms with Gasteiger partial charge in [0.05, 0.1) is 17.3 Å². The lowest BCUT2D eigenvalue weighted by molar-refractivity contribution is 0.269. The molecule has 0 heterocycles. The average molecular weight is 463 g/mol. The van der Waals surface area contributed by atoms with Crippen molar-refractivity contribution in [1.82, 2.24) is 0 Å². The Kier molecular flexibility index (Phi) is 7.65. The second kappa shape index (κ2) is 10.2. The molecule has 6 heteroatoms. The van der Waals surface area contributed by atoms with Gasteiger partial charge in [0, 0.05) is 21.8 Å². The van der Waals surface area contributed by atoms with E-state index in [-0.39, 0.29) is 6.61 Å². The van der Waals surface area contributed by atoms with Crippen molar-refractivity contribution in [1.29, 1.82) is 0 Å². The van der Waals surface area contributed by atoms with Gasteiger partial charge in [-0.2, -0.15) is 0 Å². The Bertz CT molecular complexity index is 1080. The zero-order valence-corrected chi connectivity index (χ0v) is 19.3. The third-order valence-electron chi connectivity index (χ3n) is 4.44. The zero-order valence-electron chi connectivity index (χ0n) is 17.0. The van der Waals surface area contributed by atoms with Crippen LogP contribution < -0.4 is 9.47 Å². The van der Waals surface area contributed by atoms with Gasteiger partial charge in [0.15, 0.2) is 11.5 Å². The molecule has 3 aromatic rings. The zero-order chi connectivity index (χ0) is 21.7. The Hall–Kier alpha value is -2.20. The molecule has 0 aliphatic carbocycles. The third-order valence-corrected chi connectivity index (χ3v) is 5.30. The van der Waals surface area contributed by atoms with Crippen molar-refractivity contribution in [3.8, 4) is 11.5 Å². The van der Waals surface area contributed by atoms with Crippen LogP contribution in [0, 0.1) is 13.8 Å². The second-order valence-corrected chi connectivity index (χ2v) is 8.09. The number of rotatable bonds is 7. The Balaban J connectivity index is 1.86. The molecule has 0 atom stereocenters. The summed E-state index contributed by atoms with van der Waals surface area (Å²) < 4.78 is 11.7. The summed E-state index contributed by atoms with van der Waals surface area (Å²) in [5, 5.41) is 1.55. The maximum Gasteiger partial charge on any atom is 0.180 e. The van der Waals surface area contributed by atoms with Gasteiger partial charge in [-0.3, -0.25) is 4.99 Å². The van der Waals surface area contributed by atoms with E-state index in [0.717, 1.165) is 27.9 Å². The molecule has 0 bridgehead atoms. The molecule has 3 aromatic carbocycles. The normalized spacial score (nSPS) is 11.1. The van der Waals surface area contributed by atoms with Crippen molar-refractivity contribution in [2.75, 3.05) is 6.61 Å². The highest BCUT2D eigenvalue weighted by Crippen LogP contribution is 2.37. The van der Waals surface area contributed by atoms with Crippen molar-refractivity contribution < 1.29 is 9.47 Å². The summed E-state index contributed by atoms with van der Waals surface area (Å²) in [6.07, 6.45) is 1.77. The molecule has 0 aliphatic rings. The highest BCUT2D eigenvalue weighted by Gasteiger charge is 2.13. The minimum atomic E-state index is 0.242. The molecule has 156 valence electrons. The van der Waals surface area contributed by atoms with Crippen molar-refractivity contribution in [2.24, 2.45) is 4.99 Å². The molecule has 0 aromatic heterocycles. The van der Waals surface area contributed by atoms with Crippen molar-refractivity contribution in [2.45, 2.75) is 27.4 Å². The second-order valence-electron chi connectivity index (χ2n) is 6.84. The largest absolute Gasteiger partial charge is 0.490 e. The Labute approximate surface area is 192 Å². The van der Waals surface area contributed by atoms with E-state index < -0.39 is 0 Å². The van der Waals surface area contributed by atoms with Crippen LogP contribution in [0.5, 0.6) is 11.5 Å². The molecule has 0 aliphatic heterocycles. The van der Waals surface area contributed by atoms with Crippen molar-refractivity contribution in [3.63, 3.8) is 0 Å². The van der Waals surface area contributed by atoms with E-state index in [1.54, 1.807) is 24.4 Å². The molecule has 0 N–H and O–H groups in total. The van der Waals surface area contributed by atoms with Gasteiger partial charge in [0.1, 0.15) is 6.61 Å². The number of benzene rings is 3. The lowest BCUT2D eigenvalue weighted by atomic mass is 10.1. The van der Waals surface area contributed by atoms with E-state index in [2.05, 4.69) is 17.1 Å². The summed E-state index contributed by atoms with van der Waals surface area (Å²) in [5.41, 5.74) is 4.81. The summed E-state index contributed by atoms with van der Waals surface area (Å²) in [6.45, 7) is 6.70. The highest BCUT2D eigenvalue weighted by atomic mass is 35.5. The standard InChI is InChI=1S/C24H22Cl3NO2/c1-4-29-23-11-17(13-28-22-9-15(2)5-6-16(22)3)10-21(27)24(23)30-14-18-7-8-19(25)12-20(18)26/h5-13H,4,14H2,1-3H3. The number of hydrogen-bond donors (Lipinski definition) is 0. The molecule has 0 fully saturated rings. The van der Waals surface area contributed by atoms with Gasteiger partial charge in [-0.25, -0.2) is 0 Å². The van der Waals surface area contributed by atoms with E-state index in [4.69, 9.17) is 44.3 Å². The fourth-order valence-electron chi connectivity index (χ4n) is 2.86. The van der Waals surface area contributed by atoms with Gasteiger partial charge in [0.25, 0.3) is 0 Å². The predicted octanol–water partition coefficient (Wildman–Crippen LogP) is 7.99. The van der Waals surface area contributed by atoms with Gasteiger partial charge < -0.3 is 9.47 Å². The molecule has 0 radical (unpaired) electrons. The van der Waals surface area contributed by atoms with Crippen LogP contribution in [0.3, 0.4) is 0 Å². The smallest absolute Gasteiger partial charge is 0.180 e. The molecule has 3 nitrogen and oxygen atoms in total. The van der Waals surface area contributed by atoms with Crippen LogP contribution in [0.2, 0.25) is 15.1 Å². The minimum absolute atomic E-state index is 0.242. The number of nitrogens with zero attached hydrogens (tertiary/aromatic N) is 1. The fourth-order valence-corrected chi connectivity index (χ4v) is 3.59. The number of aliphatic imine (C=N–C) groups is 1. The summed E-state index contributed by atoms with van der Waals surface area (Å²) >= 11 is 18.7. The van der Waals surface area contributed by atoms with Gasteiger partial charge in [-0.1, -0.05) is 53.0 Å². The molecule has 0 spiro atoms. The van der Waals surface area contributed by atoms with E-state index in [1.165, 1.54) is 0 Å². The summed E-state index contributed by atoms with van der Waals surface area (Å²) in [4.78, 5) is 4.61. The molecule has 30 heavy (non-hydrogen) atoms. The number of ether oxygens (including phenoxy) is 2. The molecule has 0 amide bonds. The van der Waals surface area contributed by atoms with Gasteiger partial charge in [0.2, 0.25) is 0 Å². The molecule has 0 saturated heterocycles. The Morgan fingerprint density at radius 3 is 2.43 bits per heavy atom. The van der Waals surface area contributed by atoms with Gasteiger partial charge >= 0.3 is 0 Å². The topological polar surface area (TPSA) is 30.8 Å². The fraction of sp³-hybridized carbons (Fsp3) is 0.208.